The lowest BCUT2D eigenvalue weighted by atomic mass is 9.81. The molecule has 0 N–H and O–H groups in total. The van der Waals surface area contributed by atoms with E-state index in [9.17, 15) is 0 Å². The molecule has 1 aromatic heterocycles. The third-order valence-electron chi connectivity index (χ3n) is 12.9. The summed E-state index contributed by atoms with van der Waals surface area (Å²) in [7, 11) is -4.15. The van der Waals surface area contributed by atoms with Crippen LogP contribution in [-0.2, 0) is 20.7 Å². The van der Waals surface area contributed by atoms with Crippen molar-refractivity contribution in [3.63, 3.8) is 0 Å². The highest BCUT2D eigenvalue weighted by Crippen LogP contribution is 2.54. The number of allylic oxidation sites excluding steroid dienone is 4. The maximum absolute atomic E-state index is 15.8. The Morgan fingerprint density at radius 1 is 0.443 bits per heavy atom. The predicted molar refractivity (Wildman–Crippen MR) is 246 cm³/mol. The van der Waals surface area contributed by atoms with Crippen molar-refractivity contribution in [3.8, 4) is 78.4 Å². The second kappa shape index (κ2) is 13.8. The molecule has 0 bridgehead atoms. The van der Waals surface area contributed by atoms with Gasteiger partial charge in [-0.1, -0.05) is 172 Å². The smallest absolute Gasteiger partial charge is 0.207 e. The van der Waals surface area contributed by atoms with Crippen LogP contribution in [0.2, 0.25) is 0 Å². The molecule has 5 nitrogen and oxygen atoms in total. The van der Waals surface area contributed by atoms with E-state index in [1.165, 1.54) is 5.56 Å². The van der Waals surface area contributed by atoms with Gasteiger partial charge in [0.05, 0.1) is 9.79 Å². The number of benzene rings is 7. The Bertz CT molecular complexity index is 3290. The summed E-state index contributed by atoms with van der Waals surface area (Å²) in [6, 6.07) is 52.8. The molecule has 0 fully saturated rings. The van der Waals surface area contributed by atoms with Gasteiger partial charge >= 0.3 is 0 Å². The third kappa shape index (κ3) is 5.81. The molecule has 1 aliphatic heterocycles. The topological polar surface area (TPSA) is 72.8 Å². The summed E-state index contributed by atoms with van der Waals surface area (Å²) in [5.74, 6) is 1.78. The number of nitrogens with zero attached hydrogens (tertiary/aromatic N) is 3. The molecule has 2 aliphatic carbocycles. The van der Waals surface area contributed by atoms with Gasteiger partial charge in [0.2, 0.25) is 9.84 Å². The number of aromatic nitrogens is 3. The maximum atomic E-state index is 15.8. The molecule has 1 unspecified atom stereocenters. The van der Waals surface area contributed by atoms with E-state index < -0.39 is 20.7 Å². The van der Waals surface area contributed by atoms with Gasteiger partial charge < -0.3 is 0 Å². The minimum atomic E-state index is -4.15. The fraction of sp³-hybridized carbons (Fsp3) is 0.109. The van der Waals surface area contributed by atoms with Crippen LogP contribution in [0.25, 0.3) is 78.4 Å². The highest BCUT2D eigenvalue weighted by atomic mass is 32.2. The molecule has 0 radical (unpaired) electrons. The minimum Gasteiger partial charge on any atom is -0.218 e. The first-order chi connectivity index (χ1) is 29.6. The molecule has 8 aromatic rings. The molecule has 61 heavy (non-hydrogen) atoms. The van der Waals surface area contributed by atoms with Crippen LogP contribution in [-0.4, -0.2) is 23.4 Å². The Morgan fingerprint density at radius 2 is 1.02 bits per heavy atom. The quantitative estimate of drug-likeness (QED) is 0.178. The second-order valence-electron chi connectivity index (χ2n) is 17.0. The molecule has 2 heterocycles. The molecule has 3 aliphatic rings. The van der Waals surface area contributed by atoms with E-state index in [1.807, 2.05) is 72.8 Å². The fourth-order valence-electron chi connectivity index (χ4n) is 9.62. The van der Waals surface area contributed by atoms with E-state index in [2.05, 4.69) is 124 Å². The average molecular weight is 808 g/mol. The Hall–Kier alpha value is -7.02. The summed E-state index contributed by atoms with van der Waals surface area (Å²) in [6.07, 6.45) is 9.16. The molecular formula is C55H41N3O2S. The van der Waals surface area contributed by atoms with Crippen LogP contribution in [0.5, 0.6) is 0 Å². The van der Waals surface area contributed by atoms with Gasteiger partial charge in [0, 0.05) is 33.1 Å². The van der Waals surface area contributed by atoms with Gasteiger partial charge in [-0.25, -0.2) is 23.4 Å². The number of hydrogen-bond acceptors (Lipinski definition) is 5. The lowest BCUT2D eigenvalue weighted by Crippen LogP contribution is -2.24. The normalized spacial score (nSPS) is 17.4. The molecule has 7 aromatic carbocycles. The Morgan fingerprint density at radius 3 is 1.69 bits per heavy atom. The van der Waals surface area contributed by atoms with Crippen molar-refractivity contribution in [2.75, 3.05) is 0 Å². The van der Waals surface area contributed by atoms with E-state index in [4.69, 9.17) is 15.0 Å². The molecule has 0 spiro atoms. The van der Waals surface area contributed by atoms with Gasteiger partial charge in [-0.2, -0.15) is 0 Å². The Balaban J connectivity index is 1.27. The molecule has 294 valence electrons. The molecule has 0 saturated carbocycles. The monoisotopic (exact) mass is 807 g/mol. The first-order valence-corrected chi connectivity index (χ1v) is 22.2. The molecule has 0 amide bonds. The van der Waals surface area contributed by atoms with Crippen LogP contribution >= 0.6 is 0 Å². The van der Waals surface area contributed by atoms with Crippen LogP contribution in [0.3, 0.4) is 0 Å². The molecule has 1 atom stereocenters. The highest BCUT2D eigenvalue weighted by Gasteiger charge is 2.39. The number of rotatable bonds is 3. The van der Waals surface area contributed by atoms with E-state index in [0.717, 1.165) is 67.6 Å². The summed E-state index contributed by atoms with van der Waals surface area (Å²) in [5, 5.41) is 0. The predicted octanol–water partition coefficient (Wildman–Crippen LogP) is 13.1. The minimum absolute atomic E-state index is 0.266. The highest BCUT2D eigenvalue weighted by molar-refractivity contribution is 7.91. The van der Waals surface area contributed by atoms with E-state index >= 15 is 8.42 Å². The van der Waals surface area contributed by atoms with E-state index in [1.54, 1.807) is 6.07 Å². The fourth-order valence-corrected chi connectivity index (χ4v) is 11.3. The van der Waals surface area contributed by atoms with Crippen molar-refractivity contribution in [1.82, 2.24) is 15.0 Å². The Labute approximate surface area is 356 Å². The van der Waals surface area contributed by atoms with E-state index in [-0.39, 0.29) is 9.79 Å². The second-order valence-corrected chi connectivity index (χ2v) is 18.9. The SMILES string of the molecule is CC1(c2nc(-c3ccccc3)nc(-c3ccc4c(c3)-c3cc5c(cc3S(=O)(=O)c3ccccc3-c3ccccc3-c3ccccc3-4)C(C)(C)c3ccccc3-5)n2)C=CC=CC1. The summed E-state index contributed by atoms with van der Waals surface area (Å²) >= 11 is 0. The van der Waals surface area contributed by atoms with Crippen molar-refractivity contribution >= 4 is 9.84 Å². The number of hydrogen-bond donors (Lipinski definition) is 0. The van der Waals surface area contributed by atoms with Crippen LogP contribution in [0.1, 0.15) is 44.1 Å². The first kappa shape index (κ1) is 37.0. The zero-order valence-corrected chi connectivity index (χ0v) is 34.9. The van der Waals surface area contributed by atoms with Gasteiger partial charge in [-0.05, 0) is 93.2 Å². The molecule has 0 saturated heterocycles. The summed E-state index contributed by atoms with van der Waals surface area (Å²) in [4.78, 5) is 16.0. The molecule has 11 rings (SSSR count). The van der Waals surface area contributed by atoms with Crippen LogP contribution in [0.4, 0.5) is 0 Å². The molecule has 6 heteroatoms. The van der Waals surface area contributed by atoms with Gasteiger partial charge in [-0.15, -0.1) is 0 Å². The zero-order chi connectivity index (χ0) is 41.5. The van der Waals surface area contributed by atoms with Gasteiger partial charge in [-0.3, -0.25) is 0 Å². The number of fused-ring (bicyclic) bond motifs is 12. The average Bonchev–Trinajstić information content (AvgIpc) is 3.53. The van der Waals surface area contributed by atoms with Crippen molar-refractivity contribution in [2.24, 2.45) is 0 Å². The lowest BCUT2D eigenvalue weighted by Gasteiger charge is -2.25. The van der Waals surface area contributed by atoms with Crippen LogP contribution in [0.15, 0.2) is 192 Å². The molecular weight excluding hydrogens is 767 g/mol. The largest absolute Gasteiger partial charge is 0.218 e. The first-order valence-electron chi connectivity index (χ1n) is 20.7. The maximum Gasteiger partial charge on any atom is 0.207 e. The van der Waals surface area contributed by atoms with Crippen molar-refractivity contribution in [1.29, 1.82) is 0 Å². The standard InChI is InChI=1S/C55H41N3O2S/c1-54(2)47-26-14-12-24-42(47)45-33-46-44-32-36(52-56-51(35-18-6-4-7-19-35)57-53(58-52)55(3)30-16-5-17-31-55)28-29-41(44)39-22-9-8-20-37(39)38-21-10-11-23-40(38)43-25-13-15-27-49(43)61(59,60)50(46)34-48(45)54/h4-30,32-34H,31H2,1-3H3. The summed E-state index contributed by atoms with van der Waals surface area (Å²) in [5.41, 5.74) is 11.9. The van der Waals surface area contributed by atoms with Crippen LogP contribution < -0.4 is 0 Å². The van der Waals surface area contributed by atoms with E-state index in [0.29, 0.717) is 28.6 Å². The van der Waals surface area contributed by atoms with Crippen molar-refractivity contribution < 1.29 is 8.42 Å². The van der Waals surface area contributed by atoms with Gasteiger partial charge in [0.25, 0.3) is 0 Å². The van der Waals surface area contributed by atoms with Crippen molar-refractivity contribution in [2.45, 2.75) is 47.8 Å². The zero-order valence-electron chi connectivity index (χ0n) is 34.1. The van der Waals surface area contributed by atoms with Gasteiger partial charge in [0.15, 0.2) is 11.6 Å². The lowest BCUT2D eigenvalue weighted by molar-refractivity contribution is 0.554. The summed E-state index contributed by atoms with van der Waals surface area (Å²) in [6.45, 7) is 6.54. The Kier molecular flexibility index (Phi) is 8.35. The van der Waals surface area contributed by atoms with Crippen molar-refractivity contribution in [3.05, 3.63) is 199 Å². The summed E-state index contributed by atoms with van der Waals surface area (Å²) < 4.78 is 31.6. The van der Waals surface area contributed by atoms with Crippen LogP contribution in [0, 0.1) is 0 Å². The van der Waals surface area contributed by atoms with Gasteiger partial charge in [0.1, 0.15) is 5.82 Å². The third-order valence-corrected chi connectivity index (χ3v) is 14.7. The number of sulfone groups is 1.